The summed E-state index contributed by atoms with van der Waals surface area (Å²) in [5.74, 6) is 0. The summed E-state index contributed by atoms with van der Waals surface area (Å²) in [7, 11) is 0. The third kappa shape index (κ3) is 5.92. The maximum Gasteiger partial charge on any atom is 0.110 e. The van der Waals surface area contributed by atoms with Crippen LogP contribution < -0.4 is 5.73 Å². The molecule has 1 atom stereocenters. The van der Waals surface area contributed by atoms with E-state index >= 15 is 0 Å². The van der Waals surface area contributed by atoms with Crippen molar-refractivity contribution < 1.29 is 5.11 Å². The van der Waals surface area contributed by atoms with Crippen LogP contribution in [0.4, 0.5) is 0 Å². The van der Waals surface area contributed by atoms with Crippen LogP contribution in [0, 0.1) is 0 Å². The maximum atomic E-state index is 8.80. The van der Waals surface area contributed by atoms with Gasteiger partial charge in [0.15, 0.2) is 0 Å². The summed E-state index contributed by atoms with van der Waals surface area (Å²) in [6.45, 7) is 3.60. The Morgan fingerprint density at radius 2 is 2.14 bits per heavy atom. The summed E-state index contributed by atoms with van der Waals surface area (Å²) >= 11 is 0. The Bertz CT molecular complexity index is 46.5. The topological polar surface area (TPSA) is 46.2 Å². The highest BCUT2D eigenvalue weighted by Crippen LogP contribution is 2.01. The van der Waals surface area contributed by atoms with Crippen molar-refractivity contribution in [3.05, 3.63) is 0 Å². The van der Waals surface area contributed by atoms with E-state index in [1.807, 2.05) is 6.92 Å². The van der Waals surface area contributed by atoms with Crippen molar-refractivity contribution in [1.82, 2.24) is 0 Å². The summed E-state index contributed by atoms with van der Waals surface area (Å²) in [5.41, 5.74) is 4.25. The molecule has 3 N–H and O–H groups in total. The van der Waals surface area contributed by atoms with Crippen molar-refractivity contribution in [3.8, 4) is 0 Å². The highest BCUT2D eigenvalue weighted by molar-refractivity contribution is 4.59. The zero-order chi connectivity index (χ0) is 5.91. The molecule has 0 radical (unpaired) electrons. The quantitative estimate of drug-likeness (QED) is 0.498. The van der Waals surface area contributed by atoms with Gasteiger partial charge in [0.25, 0.3) is 0 Å². The van der Waals surface area contributed by atoms with Gasteiger partial charge < -0.3 is 10.8 Å². The smallest absolute Gasteiger partial charge is 0.110 e. The first kappa shape index (κ1) is 6.92. The number of hydrogen-bond donors (Lipinski definition) is 2. The van der Waals surface area contributed by atoms with E-state index in [0.717, 1.165) is 6.42 Å². The zero-order valence-corrected chi connectivity index (χ0v) is 4.94. The second kappa shape index (κ2) is 2.28. The zero-order valence-electron chi connectivity index (χ0n) is 4.94. The summed E-state index contributed by atoms with van der Waals surface area (Å²) in [6, 6.07) is 0. The van der Waals surface area contributed by atoms with Gasteiger partial charge in [0.2, 0.25) is 0 Å². The van der Waals surface area contributed by atoms with Crippen molar-refractivity contribution in [2.45, 2.75) is 32.4 Å². The van der Waals surface area contributed by atoms with E-state index in [-0.39, 0.29) is 0 Å². The van der Waals surface area contributed by atoms with Crippen LogP contribution in [-0.2, 0) is 0 Å². The minimum Gasteiger partial charge on any atom is -0.376 e. The molecule has 0 saturated heterocycles. The monoisotopic (exact) mass is 103 g/mol. The summed E-state index contributed by atoms with van der Waals surface area (Å²) in [4.78, 5) is 0. The Kier molecular flexibility index (Phi) is 2.26. The van der Waals surface area contributed by atoms with E-state index in [1.165, 1.54) is 0 Å². The van der Waals surface area contributed by atoms with Crippen LogP contribution in [-0.4, -0.2) is 10.8 Å². The lowest BCUT2D eigenvalue weighted by molar-refractivity contribution is 0.0572. The fourth-order valence-corrected chi connectivity index (χ4v) is 0.506. The molecule has 2 nitrogen and oxygen atoms in total. The van der Waals surface area contributed by atoms with Gasteiger partial charge in [-0.05, 0) is 13.3 Å². The average Bonchev–Trinajstić information content (AvgIpc) is 1.30. The molecule has 0 fully saturated rings. The molecule has 7 heavy (non-hydrogen) atoms. The number of aliphatic hydroxyl groups is 1. The van der Waals surface area contributed by atoms with Crippen molar-refractivity contribution in [2.24, 2.45) is 5.73 Å². The molecule has 0 spiro atoms. The Balaban J connectivity index is 3.15. The number of hydrogen-bond acceptors (Lipinski definition) is 2. The Labute approximate surface area is 44.3 Å². The van der Waals surface area contributed by atoms with Crippen molar-refractivity contribution >= 4 is 0 Å². The molecule has 0 amide bonds. The third-order valence-corrected chi connectivity index (χ3v) is 0.756. The van der Waals surface area contributed by atoms with Crippen LogP contribution in [0.5, 0.6) is 0 Å². The van der Waals surface area contributed by atoms with Gasteiger partial charge in [-0.1, -0.05) is 13.3 Å². The third-order valence-electron chi connectivity index (χ3n) is 0.756. The molecule has 0 bridgehead atoms. The molecule has 0 aromatic carbocycles. The number of rotatable bonds is 2. The predicted molar refractivity (Wildman–Crippen MR) is 29.7 cm³/mol. The van der Waals surface area contributed by atoms with Crippen LogP contribution in [0.1, 0.15) is 26.7 Å². The first-order valence-corrected chi connectivity index (χ1v) is 2.57. The molecule has 2 heteroatoms. The van der Waals surface area contributed by atoms with E-state index in [1.54, 1.807) is 6.92 Å². The van der Waals surface area contributed by atoms with Gasteiger partial charge in [0, 0.05) is 0 Å². The minimum atomic E-state index is -0.950. The molecule has 1 unspecified atom stereocenters. The molecule has 44 valence electrons. The average molecular weight is 103 g/mol. The van der Waals surface area contributed by atoms with Gasteiger partial charge in [0.05, 0.1) is 0 Å². The number of nitrogens with two attached hydrogens (primary N) is 1. The Hall–Kier alpha value is -0.0800. The molecule has 0 heterocycles. The second-order valence-electron chi connectivity index (χ2n) is 2.11. The SMILES string of the molecule is CCCC(C)(N)O. The summed E-state index contributed by atoms with van der Waals surface area (Å²) in [5, 5.41) is 8.80. The highest BCUT2D eigenvalue weighted by Gasteiger charge is 2.08. The molecular weight excluding hydrogens is 90.1 g/mol. The lowest BCUT2D eigenvalue weighted by Gasteiger charge is -2.14. The van der Waals surface area contributed by atoms with Gasteiger partial charge in [-0.3, -0.25) is 0 Å². The van der Waals surface area contributed by atoms with Gasteiger partial charge >= 0.3 is 0 Å². The lowest BCUT2D eigenvalue weighted by atomic mass is 10.1. The largest absolute Gasteiger partial charge is 0.376 e. The van der Waals surface area contributed by atoms with Crippen molar-refractivity contribution in [1.29, 1.82) is 0 Å². The van der Waals surface area contributed by atoms with Crippen molar-refractivity contribution in [2.75, 3.05) is 0 Å². The van der Waals surface area contributed by atoms with E-state index in [2.05, 4.69) is 0 Å². The van der Waals surface area contributed by atoms with E-state index < -0.39 is 5.72 Å². The Morgan fingerprint density at radius 3 is 2.14 bits per heavy atom. The first-order chi connectivity index (χ1) is 3.06. The second-order valence-corrected chi connectivity index (χ2v) is 2.11. The van der Waals surface area contributed by atoms with Gasteiger partial charge in [0.1, 0.15) is 5.72 Å². The maximum absolute atomic E-state index is 8.80. The van der Waals surface area contributed by atoms with Crippen LogP contribution >= 0.6 is 0 Å². The summed E-state index contributed by atoms with van der Waals surface area (Å²) in [6.07, 6.45) is 1.61. The fourth-order valence-electron chi connectivity index (χ4n) is 0.506. The fraction of sp³-hybridized carbons (Fsp3) is 1.00. The predicted octanol–water partition coefficient (Wildman–Crippen LogP) is 0.454. The molecule has 0 aliphatic heterocycles. The molecule has 0 aromatic rings. The standard InChI is InChI=1S/C5H13NO/c1-3-4-5(2,6)7/h7H,3-4,6H2,1-2H3. The molecule has 0 aliphatic carbocycles. The Morgan fingerprint density at radius 1 is 1.71 bits per heavy atom. The van der Waals surface area contributed by atoms with Crippen LogP contribution in [0.2, 0.25) is 0 Å². The van der Waals surface area contributed by atoms with Crippen LogP contribution in [0.3, 0.4) is 0 Å². The van der Waals surface area contributed by atoms with Crippen LogP contribution in [0.15, 0.2) is 0 Å². The van der Waals surface area contributed by atoms with E-state index in [0.29, 0.717) is 6.42 Å². The van der Waals surface area contributed by atoms with Crippen LogP contribution in [0.25, 0.3) is 0 Å². The van der Waals surface area contributed by atoms with Gasteiger partial charge in [-0.2, -0.15) is 0 Å². The lowest BCUT2D eigenvalue weighted by Crippen LogP contribution is -2.34. The molecule has 0 aliphatic rings. The highest BCUT2D eigenvalue weighted by atomic mass is 16.3. The minimum absolute atomic E-state index is 0.674. The van der Waals surface area contributed by atoms with Gasteiger partial charge in [-0.25, -0.2) is 0 Å². The van der Waals surface area contributed by atoms with E-state index in [4.69, 9.17) is 10.8 Å². The first-order valence-electron chi connectivity index (χ1n) is 2.57. The molecule has 0 aromatic heterocycles. The molecule has 0 rings (SSSR count). The van der Waals surface area contributed by atoms with Crippen molar-refractivity contribution in [3.63, 3.8) is 0 Å². The normalized spacial score (nSPS) is 18.9. The summed E-state index contributed by atoms with van der Waals surface area (Å²) < 4.78 is 0. The molecular formula is C5H13NO. The van der Waals surface area contributed by atoms with E-state index in [9.17, 15) is 0 Å². The molecule has 0 saturated carbocycles. The van der Waals surface area contributed by atoms with Gasteiger partial charge in [-0.15, -0.1) is 0 Å².